The van der Waals surface area contributed by atoms with Gasteiger partial charge in [0.15, 0.2) is 0 Å². The minimum Gasteiger partial charge on any atom is -0.478 e. The quantitative estimate of drug-likeness (QED) is 0.898. The van der Waals surface area contributed by atoms with Crippen molar-refractivity contribution in [1.29, 1.82) is 0 Å². The second-order valence-corrected chi connectivity index (χ2v) is 6.08. The lowest BCUT2D eigenvalue weighted by atomic mass is 9.87. The number of rotatable bonds is 3. The van der Waals surface area contributed by atoms with Crippen LogP contribution in [0.2, 0.25) is 0 Å². The molecule has 1 aromatic carbocycles. The van der Waals surface area contributed by atoms with Crippen molar-refractivity contribution in [3.05, 3.63) is 29.6 Å². The number of carboxylic acid groups (broad SMARTS) is 1. The van der Waals surface area contributed by atoms with Gasteiger partial charge in [-0.3, -0.25) is 0 Å². The highest BCUT2D eigenvalue weighted by Crippen LogP contribution is 2.24. The van der Waals surface area contributed by atoms with Gasteiger partial charge in [-0.25, -0.2) is 14.0 Å². The van der Waals surface area contributed by atoms with E-state index >= 15 is 0 Å². The van der Waals surface area contributed by atoms with E-state index < -0.39 is 17.8 Å². The van der Waals surface area contributed by atoms with Crippen molar-refractivity contribution in [2.75, 3.05) is 12.4 Å². The van der Waals surface area contributed by atoms with Crippen LogP contribution in [0.5, 0.6) is 0 Å². The van der Waals surface area contributed by atoms with Crippen LogP contribution in [0, 0.1) is 11.2 Å². The molecule has 0 saturated carbocycles. The number of urea groups is 1. The van der Waals surface area contributed by atoms with Crippen LogP contribution in [-0.2, 0) is 0 Å². The molecule has 0 radical (unpaired) electrons. The van der Waals surface area contributed by atoms with Crippen LogP contribution in [0.15, 0.2) is 18.2 Å². The molecule has 0 aliphatic heterocycles. The number of hydrogen-bond donors (Lipinski definition) is 2. The molecule has 21 heavy (non-hydrogen) atoms. The molecule has 116 valence electrons. The molecule has 2 amide bonds. The molecule has 0 aromatic heterocycles. The molecule has 0 aliphatic rings. The van der Waals surface area contributed by atoms with E-state index in [-0.39, 0.29) is 22.7 Å². The molecule has 0 fully saturated rings. The van der Waals surface area contributed by atoms with E-state index in [0.717, 1.165) is 6.07 Å². The summed E-state index contributed by atoms with van der Waals surface area (Å²) in [5.41, 5.74) is -0.322. The van der Waals surface area contributed by atoms with Crippen LogP contribution in [0.25, 0.3) is 0 Å². The Morgan fingerprint density at radius 2 is 1.90 bits per heavy atom. The predicted octanol–water partition coefficient (Wildman–Crippen LogP) is 3.42. The van der Waals surface area contributed by atoms with Crippen molar-refractivity contribution in [3.8, 4) is 0 Å². The first-order valence-corrected chi connectivity index (χ1v) is 6.60. The van der Waals surface area contributed by atoms with Gasteiger partial charge in [-0.2, -0.15) is 0 Å². The molecule has 0 bridgehead atoms. The lowest BCUT2D eigenvalue weighted by Crippen LogP contribution is -2.45. The third-order valence-corrected chi connectivity index (χ3v) is 3.61. The number of halogens is 1. The highest BCUT2D eigenvalue weighted by Gasteiger charge is 2.27. The molecular weight excluding hydrogens is 275 g/mol. The molecule has 0 heterocycles. The molecule has 1 atom stereocenters. The number of carbonyl (C=O) groups is 2. The number of nitrogens with one attached hydrogen (secondary N) is 1. The van der Waals surface area contributed by atoms with Crippen molar-refractivity contribution < 1.29 is 19.1 Å². The Kier molecular flexibility index (Phi) is 4.93. The number of aromatic carboxylic acids is 1. The summed E-state index contributed by atoms with van der Waals surface area (Å²) >= 11 is 0. The molecule has 0 spiro atoms. The Labute approximate surface area is 123 Å². The van der Waals surface area contributed by atoms with E-state index in [4.69, 9.17) is 5.11 Å². The van der Waals surface area contributed by atoms with E-state index in [9.17, 15) is 14.0 Å². The van der Waals surface area contributed by atoms with Crippen molar-refractivity contribution in [1.82, 2.24) is 4.90 Å². The number of carbonyl (C=O) groups excluding carboxylic acids is 1. The maximum absolute atomic E-state index is 13.8. The Morgan fingerprint density at radius 3 is 2.33 bits per heavy atom. The topological polar surface area (TPSA) is 69.6 Å². The van der Waals surface area contributed by atoms with Crippen molar-refractivity contribution in [2.24, 2.45) is 5.41 Å². The van der Waals surface area contributed by atoms with Gasteiger partial charge in [-0.1, -0.05) is 20.8 Å². The average Bonchev–Trinajstić information content (AvgIpc) is 2.37. The number of carboxylic acids is 1. The fourth-order valence-corrected chi connectivity index (χ4v) is 1.71. The first-order chi connectivity index (χ1) is 9.54. The van der Waals surface area contributed by atoms with E-state index in [1.165, 1.54) is 17.0 Å². The minimum absolute atomic E-state index is 0.0436. The van der Waals surface area contributed by atoms with E-state index in [2.05, 4.69) is 5.32 Å². The summed E-state index contributed by atoms with van der Waals surface area (Å²) in [5.74, 6) is -2.00. The fourth-order valence-electron chi connectivity index (χ4n) is 1.71. The standard InChI is InChI=1S/C15H21FN2O3/c1-9(15(2,3)4)18(5)14(21)17-12-7-6-10(13(19)20)8-11(12)16/h6-9H,1-5H3,(H,17,21)(H,19,20). The van der Waals surface area contributed by atoms with Crippen LogP contribution in [0.4, 0.5) is 14.9 Å². The Bertz CT molecular complexity index is 552. The van der Waals surface area contributed by atoms with Crippen LogP contribution in [-0.4, -0.2) is 35.1 Å². The summed E-state index contributed by atoms with van der Waals surface area (Å²) in [6.07, 6.45) is 0. The Balaban J connectivity index is 2.87. The second kappa shape index (κ2) is 6.11. The van der Waals surface area contributed by atoms with E-state index in [0.29, 0.717) is 0 Å². The zero-order chi connectivity index (χ0) is 16.4. The Morgan fingerprint density at radius 1 is 1.33 bits per heavy atom. The van der Waals surface area contributed by atoms with Crippen molar-refractivity contribution in [3.63, 3.8) is 0 Å². The summed E-state index contributed by atoms with van der Waals surface area (Å²) < 4.78 is 13.8. The lowest BCUT2D eigenvalue weighted by molar-refractivity contribution is 0.0696. The minimum atomic E-state index is -1.22. The zero-order valence-corrected chi connectivity index (χ0v) is 12.9. The summed E-state index contributed by atoms with van der Waals surface area (Å²) in [5, 5.41) is 11.2. The third kappa shape index (κ3) is 4.18. The SMILES string of the molecule is CC(N(C)C(=O)Nc1ccc(C(=O)O)cc1F)C(C)(C)C. The summed E-state index contributed by atoms with van der Waals surface area (Å²) in [6, 6.07) is 2.87. The summed E-state index contributed by atoms with van der Waals surface area (Å²) in [7, 11) is 1.63. The van der Waals surface area contributed by atoms with Gasteiger partial charge in [0.05, 0.1) is 11.3 Å². The molecule has 0 saturated heterocycles. The van der Waals surface area contributed by atoms with Gasteiger partial charge < -0.3 is 15.3 Å². The smallest absolute Gasteiger partial charge is 0.335 e. The predicted molar refractivity (Wildman–Crippen MR) is 79.1 cm³/mol. The third-order valence-electron chi connectivity index (χ3n) is 3.61. The van der Waals surface area contributed by atoms with Crippen LogP contribution >= 0.6 is 0 Å². The maximum Gasteiger partial charge on any atom is 0.335 e. The van der Waals surface area contributed by atoms with Gasteiger partial charge in [0, 0.05) is 13.1 Å². The van der Waals surface area contributed by atoms with E-state index in [1.807, 2.05) is 27.7 Å². The number of hydrogen-bond acceptors (Lipinski definition) is 2. The average molecular weight is 296 g/mol. The highest BCUT2D eigenvalue weighted by atomic mass is 19.1. The van der Waals surface area contributed by atoms with Gasteiger partial charge in [0.1, 0.15) is 5.82 Å². The number of amides is 2. The lowest BCUT2D eigenvalue weighted by Gasteiger charge is -2.35. The Hall–Kier alpha value is -2.11. The molecule has 1 rings (SSSR count). The molecular formula is C15H21FN2O3. The molecule has 2 N–H and O–H groups in total. The largest absolute Gasteiger partial charge is 0.478 e. The van der Waals surface area contributed by atoms with Crippen molar-refractivity contribution in [2.45, 2.75) is 33.7 Å². The molecule has 0 aliphatic carbocycles. The highest BCUT2D eigenvalue weighted by molar-refractivity contribution is 5.91. The maximum atomic E-state index is 13.8. The van der Waals surface area contributed by atoms with E-state index in [1.54, 1.807) is 7.05 Å². The zero-order valence-electron chi connectivity index (χ0n) is 12.9. The van der Waals surface area contributed by atoms with Gasteiger partial charge in [-0.05, 0) is 30.5 Å². The number of benzene rings is 1. The summed E-state index contributed by atoms with van der Waals surface area (Å²) in [4.78, 5) is 24.3. The van der Waals surface area contributed by atoms with Gasteiger partial charge in [-0.15, -0.1) is 0 Å². The summed E-state index contributed by atoms with van der Waals surface area (Å²) in [6.45, 7) is 7.92. The molecule has 1 aromatic rings. The van der Waals surface area contributed by atoms with Crippen LogP contribution in [0.1, 0.15) is 38.1 Å². The van der Waals surface area contributed by atoms with Crippen LogP contribution < -0.4 is 5.32 Å². The normalized spacial score (nSPS) is 12.7. The first-order valence-electron chi connectivity index (χ1n) is 6.60. The first kappa shape index (κ1) is 16.9. The number of nitrogens with zero attached hydrogens (tertiary/aromatic N) is 1. The van der Waals surface area contributed by atoms with Crippen molar-refractivity contribution >= 4 is 17.7 Å². The van der Waals surface area contributed by atoms with Gasteiger partial charge in [0.2, 0.25) is 0 Å². The molecule has 6 heteroatoms. The second-order valence-electron chi connectivity index (χ2n) is 6.08. The van der Waals surface area contributed by atoms with Gasteiger partial charge >= 0.3 is 12.0 Å². The fraction of sp³-hybridized carbons (Fsp3) is 0.467. The molecule has 1 unspecified atom stereocenters. The van der Waals surface area contributed by atoms with Gasteiger partial charge in [0.25, 0.3) is 0 Å². The monoisotopic (exact) mass is 296 g/mol. The molecule has 5 nitrogen and oxygen atoms in total. The number of anilines is 1. The van der Waals surface area contributed by atoms with Crippen LogP contribution in [0.3, 0.4) is 0 Å².